The van der Waals surface area contributed by atoms with Gasteiger partial charge in [-0.05, 0) is 0 Å². The maximum Gasteiger partial charge on any atom is 0.215 e. The van der Waals surface area contributed by atoms with E-state index in [-0.39, 0.29) is 5.72 Å². The summed E-state index contributed by atoms with van der Waals surface area (Å²) in [6, 6.07) is 10.2. The first kappa shape index (κ1) is 6.60. The number of nitrogens with zero attached hydrogens (tertiary/aromatic N) is 1. The van der Waals surface area contributed by atoms with E-state index < -0.39 is 0 Å². The van der Waals surface area contributed by atoms with Gasteiger partial charge in [0.1, 0.15) is 6.73 Å². The van der Waals surface area contributed by atoms with Gasteiger partial charge in [-0.1, -0.05) is 30.3 Å². The fourth-order valence-electron chi connectivity index (χ4n) is 1.64. The molecule has 2 fully saturated rings. The van der Waals surface area contributed by atoms with Crippen molar-refractivity contribution < 1.29 is 9.57 Å². The number of benzene rings is 1. The second-order valence-electron chi connectivity index (χ2n) is 3.10. The van der Waals surface area contributed by atoms with Crippen LogP contribution in [0.15, 0.2) is 30.3 Å². The van der Waals surface area contributed by atoms with Crippen molar-refractivity contribution in [1.82, 2.24) is 5.06 Å². The molecule has 0 radical (unpaired) electrons. The highest BCUT2D eigenvalue weighted by molar-refractivity contribution is 5.25. The molecule has 0 saturated carbocycles. The van der Waals surface area contributed by atoms with Crippen molar-refractivity contribution in [3.63, 3.8) is 0 Å². The van der Waals surface area contributed by atoms with E-state index in [0.29, 0.717) is 13.3 Å². The molecule has 62 valence electrons. The molecule has 0 amide bonds. The van der Waals surface area contributed by atoms with Crippen LogP contribution in [0.4, 0.5) is 0 Å². The van der Waals surface area contributed by atoms with Gasteiger partial charge in [-0.3, -0.25) is 4.84 Å². The van der Waals surface area contributed by atoms with Crippen LogP contribution in [0, 0.1) is 0 Å². The Balaban J connectivity index is 2.00. The van der Waals surface area contributed by atoms with E-state index in [9.17, 15) is 0 Å². The molecule has 0 aliphatic carbocycles. The lowest BCUT2D eigenvalue weighted by Crippen LogP contribution is -2.12. The van der Waals surface area contributed by atoms with Crippen molar-refractivity contribution in [2.24, 2.45) is 0 Å². The van der Waals surface area contributed by atoms with Gasteiger partial charge in [-0.15, -0.1) is 5.06 Å². The van der Waals surface area contributed by atoms with Crippen LogP contribution in [0.5, 0.6) is 0 Å². The van der Waals surface area contributed by atoms with Crippen molar-refractivity contribution in [1.29, 1.82) is 0 Å². The molecule has 0 bridgehead atoms. The second-order valence-corrected chi connectivity index (χ2v) is 3.10. The smallest absolute Gasteiger partial charge is 0.215 e. The number of hydrogen-bond acceptors (Lipinski definition) is 3. The van der Waals surface area contributed by atoms with E-state index in [1.165, 1.54) is 5.56 Å². The van der Waals surface area contributed by atoms with E-state index in [1.807, 2.05) is 23.3 Å². The van der Waals surface area contributed by atoms with Gasteiger partial charge in [0.2, 0.25) is 5.72 Å². The van der Waals surface area contributed by atoms with Gasteiger partial charge >= 0.3 is 0 Å². The molecule has 2 aliphatic rings. The number of ether oxygens (including phenoxy) is 1. The SMILES string of the molecule is c1ccc(C23COCN2O3)cc1. The average molecular weight is 163 g/mol. The first-order valence-corrected chi connectivity index (χ1v) is 4.02. The van der Waals surface area contributed by atoms with Crippen LogP contribution in [0.25, 0.3) is 0 Å². The fraction of sp³-hybridized carbons (Fsp3) is 0.333. The maximum absolute atomic E-state index is 5.43. The predicted molar refractivity (Wildman–Crippen MR) is 41.9 cm³/mol. The molecule has 12 heavy (non-hydrogen) atoms. The summed E-state index contributed by atoms with van der Waals surface area (Å²) >= 11 is 0. The molecule has 3 rings (SSSR count). The van der Waals surface area contributed by atoms with Crippen LogP contribution in [0.2, 0.25) is 0 Å². The third-order valence-corrected chi connectivity index (χ3v) is 2.36. The number of fused-ring (bicyclic) bond motifs is 1. The normalized spacial score (nSPS) is 37.8. The fourth-order valence-corrected chi connectivity index (χ4v) is 1.64. The van der Waals surface area contributed by atoms with Gasteiger partial charge in [0.25, 0.3) is 0 Å². The molecular formula is C9H9NO2. The standard InChI is InChI=1S/C9H9NO2/c1-2-4-8(5-3-1)9-6-11-7-10(9)12-9/h1-5H,6-7H2. The molecular weight excluding hydrogens is 154 g/mol. The van der Waals surface area contributed by atoms with Crippen LogP contribution in [-0.2, 0) is 15.3 Å². The monoisotopic (exact) mass is 163 g/mol. The zero-order valence-electron chi connectivity index (χ0n) is 6.56. The zero-order chi connectivity index (χ0) is 8.02. The first-order chi connectivity index (χ1) is 5.92. The molecule has 2 heterocycles. The van der Waals surface area contributed by atoms with E-state index in [4.69, 9.17) is 9.57 Å². The lowest BCUT2D eigenvalue weighted by molar-refractivity contribution is 0.00711. The lowest BCUT2D eigenvalue weighted by Gasteiger charge is -2.03. The van der Waals surface area contributed by atoms with Crippen molar-refractivity contribution in [2.45, 2.75) is 5.72 Å². The molecule has 3 heteroatoms. The van der Waals surface area contributed by atoms with Crippen LogP contribution < -0.4 is 0 Å². The minimum Gasteiger partial charge on any atom is -0.359 e. The highest BCUT2D eigenvalue weighted by Gasteiger charge is 2.61. The summed E-state index contributed by atoms with van der Waals surface area (Å²) in [5.41, 5.74) is 0.948. The highest BCUT2D eigenvalue weighted by atomic mass is 16.9. The molecule has 0 aromatic heterocycles. The Kier molecular flexibility index (Phi) is 1.14. The Labute approximate surface area is 70.5 Å². The first-order valence-electron chi connectivity index (χ1n) is 4.02. The van der Waals surface area contributed by atoms with E-state index in [0.717, 1.165) is 0 Å². The van der Waals surface area contributed by atoms with Crippen molar-refractivity contribution in [3.05, 3.63) is 35.9 Å². The average Bonchev–Trinajstić information content (AvgIpc) is 2.72. The molecule has 2 atom stereocenters. The van der Waals surface area contributed by atoms with Gasteiger partial charge in [-0.2, -0.15) is 0 Å². The van der Waals surface area contributed by atoms with Gasteiger partial charge in [0.15, 0.2) is 0 Å². The summed E-state index contributed by atoms with van der Waals surface area (Å²) in [5, 5.41) is 1.86. The summed E-state index contributed by atoms with van der Waals surface area (Å²) in [6.07, 6.45) is 0. The zero-order valence-corrected chi connectivity index (χ0v) is 6.56. The largest absolute Gasteiger partial charge is 0.359 e. The highest BCUT2D eigenvalue weighted by Crippen LogP contribution is 2.48. The van der Waals surface area contributed by atoms with Crippen LogP contribution in [0.3, 0.4) is 0 Å². The molecule has 2 saturated heterocycles. The number of hydroxylamine groups is 2. The summed E-state index contributed by atoms with van der Waals surface area (Å²) < 4.78 is 5.27. The Hall–Kier alpha value is -0.900. The Morgan fingerprint density at radius 1 is 1.25 bits per heavy atom. The van der Waals surface area contributed by atoms with Gasteiger partial charge in [0.05, 0.1) is 6.61 Å². The van der Waals surface area contributed by atoms with Crippen molar-refractivity contribution >= 4 is 0 Å². The summed E-state index contributed by atoms with van der Waals surface area (Å²) in [7, 11) is 0. The second kappa shape index (κ2) is 2.07. The number of rotatable bonds is 1. The molecule has 2 unspecified atom stereocenters. The topological polar surface area (TPSA) is 24.8 Å². The molecule has 0 spiro atoms. The Bertz CT molecular complexity index is 301. The van der Waals surface area contributed by atoms with Crippen molar-refractivity contribution in [3.8, 4) is 0 Å². The van der Waals surface area contributed by atoms with Gasteiger partial charge in [0, 0.05) is 5.56 Å². The molecule has 1 aromatic rings. The Morgan fingerprint density at radius 3 is 2.67 bits per heavy atom. The quantitative estimate of drug-likeness (QED) is 0.579. The third kappa shape index (κ3) is 0.705. The summed E-state index contributed by atoms with van der Waals surface area (Å²) in [5.74, 6) is 0. The van der Waals surface area contributed by atoms with Crippen LogP contribution >= 0.6 is 0 Å². The van der Waals surface area contributed by atoms with Crippen LogP contribution in [0.1, 0.15) is 5.56 Å². The predicted octanol–water partition coefficient (Wildman–Crippen LogP) is 1.07. The lowest BCUT2D eigenvalue weighted by atomic mass is 10.1. The molecule has 0 N–H and O–H groups in total. The van der Waals surface area contributed by atoms with Crippen LogP contribution in [-0.4, -0.2) is 18.4 Å². The summed E-state index contributed by atoms with van der Waals surface area (Å²) in [4.78, 5) is 5.43. The molecule has 3 nitrogen and oxygen atoms in total. The minimum atomic E-state index is -0.235. The van der Waals surface area contributed by atoms with E-state index >= 15 is 0 Å². The van der Waals surface area contributed by atoms with Gasteiger partial charge < -0.3 is 4.74 Å². The minimum absolute atomic E-state index is 0.235. The maximum atomic E-state index is 5.43. The van der Waals surface area contributed by atoms with E-state index in [2.05, 4.69) is 12.1 Å². The van der Waals surface area contributed by atoms with E-state index in [1.54, 1.807) is 0 Å². The third-order valence-electron chi connectivity index (χ3n) is 2.36. The molecule has 1 aromatic carbocycles. The molecule has 2 aliphatic heterocycles. The Morgan fingerprint density at radius 2 is 2.08 bits per heavy atom. The van der Waals surface area contributed by atoms with Gasteiger partial charge in [-0.25, -0.2) is 0 Å². The van der Waals surface area contributed by atoms with Crippen molar-refractivity contribution in [2.75, 3.05) is 13.3 Å². The summed E-state index contributed by atoms with van der Waals surface area (Å²) in [6.45, 7) is 1.24. The number of hydrogen-bond donors (Lipinski definition) is 0.